The molecule has 1 saturated heterocycles. The summed E-state index contributed by atoms with van der Waals surface area (Å²) in [5.41, 5.74) is 18.7. The van der Waals surface area contributed by atoms with Gasteiger partial charge in [0.15, 0.2) is 0 Å². The molecule has 2 aromatic carbocycles. The van der Waals surface area contributed by atoms with Crippen molar-refractivity contribution in [2.45, 2.75) is 95.2 Å². The number of nitrogens with one attached hydrogen (secondary N) is 1. The first-order chi connectivity index (χ1) is 21.5. The summed E-state index contributed by atoms with van der Waals surface area (Å²) in [6.45, 7) is 7.94. The average molecular weight is 616 g/mol. The van der Waals surface area contributed by atoms with E-state index in [-0.39, 0.29) is 24.5 Å². The Morgan fingerprint density at radius 1 is 1.13 bits per heavy atom. The second-order valence-corrected chi connectivity index (χ2v) is 14.5. The summed E-state index contributed by atoms with van der Waals surface area (Å²) in [7, 11) is 0. The highest BCUT2D eigenvalue weighted by Gasteiger charge is 2.55. The number of carbonyl (C=O) groups is 2. The van der Waals surface area contributed by atoms with E-state index in [0.717, 1.165) is 52.7 Å². The number of benzene rings is 2. The summed E-state index contributed by atoms with van der Waals surface area (Å²) in [6, 6.07) is 11.5. The normalized spacial score (nSPS) is 26.0. The van der Waals surface area contributed by atoms with E-state index in [1.165, 1.54) is 12.8 Å². The van der Waals surface area contributed by atoms with Crippen LogP contribution in [0.1, 0.15) is 97.6 Å². The van der Waals surface area contributed by atoms with Crippen LogP contribution in [0, 0.1) is 5.92 Å². The summed E-state index contributed by atoms with van der Waals surface area (Å²) >= 11 is 0. The fourth-order valence-electron chi connectivity index (χ4n) is 7.64. The maximum Gasteiger partial charge on any atom is 0.407 e. The molecule has 0 radical (unpaired) electrons. The summed E-state index contributed by atoms with van der Waals surface area (Å²) in [6.07, 6.45) is 3.71. The van der Waals surface area contributed by atoms with Crippen LogP contribution in [0.3, 0.4) is 0 Å². The Morgan fingerprint density at radius 3 is 2.67 bits per heavy atom. The molecule has 45 heavy (non-hydrogen) atoms. The van der Waals surface area contributed by atoms with E-state index in [1.807, 2.05) is 39.0 Å². The fourth-order valence-corrected chi connectivity index (χ4v) is 7.64. The highest BCUT2D eigenvalue weighted by molar-refractivity contribution is 5.95. The van der Waals surface area contributed by atoms with E-state index in [4.69, 9.17) is 20.9 Å². The van der Waals surface area contributed by atoms with Crippen LogP contribution in [-0.2, 0) is 23.4 Å². The molecular formula is C35H45N5O5. The van der Waals surface area contributed by atoms with Crippen molar-refractivity contribution in [3.05, 3.63) is 64.3 Å². The molecule has 6 N–H and O–H groups in total. The number of hydrogen-bond acceptors (Lipinski definition) is 7. The lowest BCUT2D eigenvalue weighted by molar-refractivity contribution is 0.0322. The molecule has 1 aromatic heterocycles. The molecule has 3 aromatic rings. The van der Waals surface area contributed by atoms with E-state index in [0.29, 0.717) is 43.3 Å². The highest BCUT2D eigenvalue weighted by Crippen LogP contribution is 2.58. The second-order valence-electron chi connectivity index (χ2n) is 14.5. The maximum atomic E-state index is 13.9. The van der Waals surface area contributed by atoms with E-state index in [9.17, 15) is 14.7 Å². The smallest absolute Gasteiger partial charge is 0.407 e. The summed E-state index contributed by atoms with van der Waals surface area (Å²) < 4.78 is 14.2. The van der Waals surface area contributed by atoms with Gasteiger partial charge in [-0.1, -0.05) is 12.1 Å². The van der Waals surface area contributed by atoms with Gasteiger partial charge in [-0.2, -0.15) is 0 Å². The molecule has 1 saturated carbocycles. The second kappa shape index (κ2) is 11.0. The summed E-state index contributed by atoms with van der Waals surface area (Å²) in [4.78, 5) is 28.1. The molecule has 0 spiro atoms. The Balaban J connectivity index is 1.21. The number of carbonyl (C=O) groups excluding carboxylic acids is 2. The van der Waals surface area contributed by atoms with Crippen molar-refractivity contribution in [3.8, 4) is 5.75 Å². The minimum atomic E-state index is -0.902. The van der Waals surface area contributed by atoms with Gasteiger partial charge in [-0.05, 0) is 99.6 Å². The number of nitrogens with two attached hydrogens (primary N) is 2. The molecule has 2 aliphatic carbocycles. The molecule has 2 unspecified atom stereocenters. The Labute approximate surface area is 264 Å². The minimum absolute atomic E-state index is 0.0211. The van der Waals surface area contributed by atoms with Crippen LogP contribution in [0.25, 0.3) is 10.9 Å². The van der Waals surface area contributed by atoms with E-state index < -0.39 is 23.2 Å². The Hall–Kier alpha value is -3.60. The lowest BCUT2D eigenvalue weighted by Crippen LogP contribution is -2.49. The van der Waals surface area contributed by atoms with Crippen LogP contribution < -0.4 is 21.5 Å². The zero-order valence-corrected chi connectivity index (χ0v) is 26.5. The molecule has 2 fully saturated rings. The van der Waals surface area contributed by atoms with Crippen LogP contribution in [0.15, 0.2) is 36.4 Å². The van der Waals surface area contributed by atoms with E-state index in [2.05, 4.69) is 28.1 Å². The third kappa shape index (κ3) is 5.36. The SMILES string of the molecule is CC(C)(C)NC(=O)O[C@@H]1CCCN(C(=O)c2cc3c4c(c2)C(N)[C@@](N)(c2cc5ccc(CO)cc5n2CC2CC2)C4CCO3)C1. The van der Waals surface area contributed by atoms with Gasteiger partial charge in [0.2, 0.25) is 0 Å². The number of alkyl carbamates (subject to hydrolysis) is 1. The van der Waals surface area contributed by atoms with Crippen molar-refractivity contribution in [3.63, 3.8) is 0 Å². The van der Waals surface area contributed by atoms with Crippen LogP contribution >= 0.6 is 0 Å². The molecule has 10 nitrogen and oxygen atoms in total. The Bertz CT molecular complexity index is 1660. The molecule has 2 aliphatic heterocycles. The van der Waals surface area contributed by atoms with Crippen LogP contribution in [-0.4, -0.2) is 57.9 Å². The quantitative estimate of drug-likeness (QED) is 0.322. The number of amides is 2. The van der Waals surface area contributed by atoms with Gasteiger partial charge in [-0.25, -0.2) is 4.79 Å². The van der Waals surface area contributed by atoms with Crippen LogP contribution in [0.2, 0.25) is 0 Å². The van der Waals surface area contributed by atoms with E-state index >= 15 is 0 Å². The predicted molar refractivity (Wildman–Crippen MR) is 171 cm³/mol. The lowest BCUT2D eigenvalue weighted by atomic mass is 9.77. The van der Waals surface area contributed by atoms with Gasteiger partial charge < -0.3 is 40.8 Å². The van der Waals surface area contributed by atoms with Crippen molar-refractivity contribution in [2.75, 3.05) is 19.7 Å². The number of likely N-dealkylation sites (tertiary alicyclic amines) is 1. The van der Waals surface area contributed by atoms with Crippen molar-refractivity contribution in [1.82, 2.24) is 14.8 Å². The lowest BCUT2D eigenvalue weighted by Gasteiger charge is -2.38. The largest absolute Gasteiger partial charge is 0.493 e. The Morgan fingerprint density at radius 2 is 1.93 bits per heavy atom. The molecule has 0 bridgehead atoms. The number of hydrogen-bond donors (Lipinski definition) is 4. The van der Waals surface area contributed by atoms with Crippen LogP contribution in [0.5, 0.6) is 5.75 Å². The minimum Gasteiger partial charge on any atom is -0.493 e. The molecule has 10 heteroatoms. The van der Waals surface area contributed by atoms with Crippen molar-refractivity contribution >= 4 is 22.9 Å². The first-order valence-electron chi connectivity index (χ1n) is 16.3. The number of aliphatic hydroxyl groups is 1. The third-order valence-corrected chi connectivity index (χ3v) is 10.0. The maximum absolute atomic E-state index is 13.9. The molecule has 3 heterocycles. The molecule has 4 aliphatic rings. The topological polar surface area (TPSA) is 145 Å². The van der Waals surface area contributed by atoms with Crippen molar-refractivity contribution < 1.29 is 24.2 Å². The third-order valence-electron chi connectivity index (χ3n) is 10.0. The number of rotatable bonds is 6. The van der Waals surface area contributed by atoms with E-state index in [1.54, 1.807) is 4.90 Å². The van der Waals surface area contributed by atoms with Gasteiger partial charge in [-0.3, -0.25) is 4.79 Å². The number of aliphatic hydroxyl groups excluding tert-OH is 1. The number of piperidine rings is 1. The summed E-state index contributed by atoms with van der Waals surface area (Å²) in [5, 5.41) is 13.8. The number of fused-ring (bicyclic) bond motifs is 1. The van der Waals surface area contributed by atoms with Gasteiger partial charge in [0, 0.05) is 46.9 Å². The highest BCUT2D eigenvalue weighted by atomic mass is 16.6. The van der Waals surface area contributed by atoms with Gasteiger partial charge in [0.1, 0.15) is 11.9 Å². The Kier molecular flexibility index (Phi) is 7.37. The monoisotopic (exact) mass is 615 g/mol. The standard InChI is InChI=1S/C35H45N5O5/c1-34(2,3)38-33(43)45-24-5-4-11-39(18-24)32(42)23-14-25-30-26(10-12-44-28(30)15-23)35(37,31(25)36)29-16-22-9-8-21(19-41)13-27(22)40(29)17-20-6-7-20/h8-9,13-16,20,24,26,31,41H,4-7,10-12,17-19,36-37H2,1-3H3,(H,38,43)/t24-,26?,31?,35+/m1/s1. The number of nitrogens with zero attached hydrogens (tertiary/aromatic N) is 2. The van der Waals surface area contributed by atoms with Gasteiger partial charge in [-0.15, -0.1) is 0 Å². The first-order valence-corrected chi connectivity index (χ1v) is 16.3. The van der Waals surface area contributed by atoms with Crippen LogP contribution in [0.4, 0.5) is 4.79 Å². The zero-order chi connectivity index (χ0) is 31.7. The van der Waals surface area contributed by atoms with Crippen molar-refractivity contribution in [2.24, 2.45) is 17.4 Å². The summed E-state index contributed by atoms with van der Waals surface area (Å²) in [5.74, 6) is 1.08. The molecule has 4 atom stereocenters. The van der Waals surface area contributed by atoms with Gasteiger partial charge in [0.25, 0.3) is 5.91 Å². The molecule has 7 rings (SSSR count). The van der Waals surface area contributed by atoms with Gasteiger partial charge >= 0.3 is 6.09 Å². The molecule has 2 amide bonds. The van der Waals surface area contributed by atoms with Crippen molar-refractivity contribution in [1.29, 1.82) is 0 Å². The number of aromatic nitrogens is 1. The first kappa shape index (κ1) is 30.1. The van der Waals surface area contributed by atoms with Gasteiger partial charge in [0.05, 0.1) is 31.3 Å². The fraction of sp³-hybridized carbons (Fsp3) is 0.543. The predicted octanol–water partition coefficient (Wildman–Crippen LogP) is 4.41. The number of ether oxygens (including phenoxy) is 2. The molecular weight excluding hydrogens is 570 g/mol. The zero-order valence-electron chi connectivity index (χ0n) is 26.5. The average Bonchev–Trinajstić information content (AvgIpc) is 3.72. The molecule has 240 valence electrons.